The average Bonchev–Trinajstić information content (AvgIpc) is 2.60. The van der Waals surface area contributed by atoms with Crippen LogP contribution in [0, 0.1) is 0 Å². The summed E-state index contributed by atoms with van der Waals surface area (Å²) in [5.74, 6) is -0.0695. The summed E-state index contributed by atoms with van der Waals surface area (Å²) in [6.07, 6.45) is 5.69. The maximum absolute atomic E-state index is 12.8. The zero-order chi connectivity index (χ0) is 16.7. The molecule has 0 radical (unpaired) electrons. The van der Waals surface area contributed by atoms with Crippen molar-refractivity contribution >= 4 is 11.9 Å². The van der Waals surface area contributed by atoms with Crippen LogP contribution in [0.5, 0.6) is 5.75 Å². The van der Waals surface area contributed by atoms with E-state index in [4.69, 9.17) is 9.47 Å². The molecule has 0 aromatic heterocycles. The van der Waals surface area contributed by atoms with Gasteiger partial charge in [0, 0.05) is 13.1 Å². The third-order valence-electron chi connectivity index (χ3n) is 4.21. The summed E-state index contributed by atoms with van der Waals surface area (Å²) in [5.41, 5.74) is 0.491. The number of benzene rings is 1. The van der Waals surface area contributed by atoms with Crippen molar-refractivity contribution in [1.82, 2.24) is 4.90 Å². The van der Waals surface area contributed by atoms with Gasteiger partial charge < -0.3 is 14.4 Å². The van der Waals surface area contributed by atoms with Crippen LogP contribution in [0.1, 0.15) is 49.4 Å². The van der Waals surface area contributed by atoms with E-state index in [1.54, 1.807) is 31.2 Å². The molecule has 1 aliphatic carbocycles. The number of hydrogen-bond donors (Lipinski definition) is 0. The normalized spacial score (nSPS) is 15.0. The molecular formula is C18H25NO4. The molecule has 1 aliphatic rings. The Labute approximate surface area is 137 Å². The van der Waals surface area contributed by atoms with Crippen molar-refractivity contribution in [3.63, 3.8) is 0 Å². The van der Waals surface area contributed by atoms with Crippen LogP contribution < -0.4 is 4.74 Å². The maximum atomic E-state index is 12.8. The first kappa shape index (κ1) is 17.3. The Morgan fingerprint density at radius 2 is 1.87 bits per heavy atom. The molecule has 5 nitrogen and oxygen atoms in total. The zero-order valence-electron chi connectivity index (χ0n) is 13.9. The molecule has 0 N–H and O–H groups in total. The number of hydrogen-bond acceptors (Lipinski definition) is 4. The SMILES string of the molecule is CCOC(=O)COc1ccccc1C(=O)N(C)C1CCCCC1. The lowest BCUT2D eigenvalue weighted by Gasteiger charge is -2.31. The molecule has 1 saturated carbocycles. The highest BCUT2D eigenvalue weighted by molar-refractivity contribution is 5.97. The molecule has 0 heterocycles. The first-order valence-electron chi connectivity index (χ1n) is 8.28. The summed E-state index contributed by atoms with van der Waals surface area (Å²) in [5, 5.41) is 0. The Hall–Kier alpha value is -2.04. The topological polar surface area (TPSA) is 55.8 Å². The van der Waals surface area contributed by atoms with E-state index in [2.05, 4.69) is 0 Å². The molecular weight excluding hydrogens is 294 g/mol. The second-order valence-corrected chi connectivity index (χ2v) is 5.80. The fourth-order valence-corrected chi connectivity index (χ4v) is 2.93. The lowest BCUT2D eigenvalue weighted by atomic mass is 9.94. The van der Waals surface area contributed by atoms with Crippen molar-refractivity contribution in [1.29, 1.82) is 0 Å². The molecule has 0 spiro atoms. The molecule has 5 heteroatoms. The van der Waals surface area contributed by atoms with Gasteiger partial charge in [-0.15, -0.1) is 0 Å². The lowest BCUT2D eigenvalue weighted by Crippen LogP contribution is -2.38. The molecule has 1 fully saturated rings. The van der Waals surface area contributed by atoms with Crippen molar-refractivity contribution < 1.29 is 19.1 Å². The monoisotopic (exact) mass is 319 g/mol. The van der Waals surface area contributed by atoms with E-state index >= 15 is 0 Å². The third-order valence-corrected chi connectivity index (χ3v) is 4.21. The van der Waals surface area contributed by atoms with Crippen molar-refractivity contribution in [2.75, 3.05) is 20.3 Å². The number of nitrogens with zero attached hydrogens (tertiary/aromatic N) is 1. The summed E-state index contributed by atoms with van der Waals surface area (Å²) in [6, 6.07) is 7.33. The fourth-order valence-electron chi connectivity index (χ4n) is 2.93. The Bertz CT molecular complexity index is 538. The second kappa shape index (κ2) is 8.56. The van der Waals surface area contributed by atoms with E-state index in [0.29, 0.717) is 17.9 Å². The Morgan fingerprint density at radius 3 is 2.57 bits per heavy atom. The summed E-state index contributed by atoms with van der Waals surface area (Å²) < 4.78 is 10.3. The van der Waals surface area contributed by atoms with Gasteiger partial charge in [-0.3, -0.25) is 4.79 Å². The van der Waals surface area contributed by atoms with Gasteiger partial charge in [-0.2, -0.15) is 0 Å². The van der Waals surface area contributed by atoms with Crippen LogP contribution >= 0.6 is 0 Å². The summed E-state index contributed by atoms with van der Waals surface area (Å²) in [7, 11) is 1.85. The van der Waals surface area contributed by atoms with Crippen LogP contribution in [0.15, 0.2) is 24.3 Å². The number of esters is 1. The maximum Gasteiger partial charge on any atom is 0.344 e. The van der Waals surface area contributed by atoms with E-state index in [1.807, 2.05) is 11.9 Å². The molecule has 126 valence electrons. The number of carbonyl (C=O) groups excluding carboxylic acids is 2. The minimum absolute atomic E-state index is 0.0589. The number of carbonyl (C=O) groups is 2. The summed E-state index contributed by atoms with van der Waals surface area (Å²) in [4.78, 5) is 26.0. The predicted molar refractivity (Wildman–Crippen MR) is 87.5 cm³/mol. The van der Waals surface area contributed by atoms with Crippen LogP contribution in [0.3, 0.4) is 0 Å². The molecule has 0 unspecified atom stereocenters. The highest BCUT2D eigenvalue weighted by atomic mass is 16.6. The van der Waals surface area contributed by atoms with Crippen LogP contribution in [-0.4, -0.2) is 43.1 Å². The molecule has 1 aromatic carbocycles. The Morgan fingerprint density at radius 1 is 1.17 bits per heavy atom. The molecule has 1 aromatic rings. The Balaban J connectivity index is 2.05. The van der Waals surface area contributed by atoms with Gasteiger partial charge >= 0.3 is 5.97 Å². The number of para-hydroxylation sites is 1. The van der Waals surface area contributed by atoms with E-state index in [0.717, 1.165) is 12.8 Å². The van der Waals surface area contributed by atoms with E-state index < -0.39 is 5.97 Å². The minimum atomic E-state index is -0.435. The van der Waals surface area contributed by atoms with Gasteiger partial charge in [0.2, 0.25) is 0 Å². The van der Waals surface area contributed by atoms with Gasteiger partial charge in [-0.25, -0.2) is 4.79 Å². The highest BCUT2D eigenvalue weighted by Crippen LogP contribution is 2.25. The largest absolute Gasteiger partial charge is 0.481 e. The zero-order valence-corrected chi connectivity index (χ0v) is 13.9. The van der Waals surface area contributed by atoms with Gasteiger partial charge in [0.1, 0.15) is 5.75 Å². The predicted octanol–water partition coefficient (Wildman–Crippen LogP) is 3.03. The van der Waals surface area contributed by atoms with E-state index in [1.165, 1.54) is 19.3 Å². The van der Waals surface area contributed by atoms with Gasteiger partial charge in [0.05, 0.1) is 12.2 Å². The minimum Gasteiger partial charge on any atom is -0.481 e. The third kappa shape index (κ3) is 4.71. The quantitative estimate of drug-likeness (QED) is 0.756. The van der Waals surface area contributed by atoms with Crippen molar-refractivity contribution in [3.8, 4) is 5.75 Å². The molecule has 2 rings (SSSR count). The number of ether oxygens (including phenoxy) is 2. The van der Waals surface area contributed by atoms with E-state index in [9.17, 15) is 9.59 Å². The smallest absolute Gasteiger partial charge is 0.344 e. The molecule has 0 atom stereocenters. The molecule has 0 aliphatic heterocycles. The van der Waals surface area contributed by atoms with Gasteiger partial charge in [0.15, 0.2) is 6.61 Å². The first-order valence-corrected chi connectivity index (χ1v) is 8.28. The number of amides is 1. The van der Waals surface area contributed by atoms with Gasteiger partial charge in [0.25, 0.3) is 5.91 Å². The molecule has 0 saturated heterocycles. The Kier molecular flexibility index (Phi) is 6.44. The molecule has 23 heavy (non-hydrogen) atoms. The fraction of sp³-hybridized carbons (Fsp3) is 0.556. The number of rotatable bonds is 6. The van der Waals surface area contributed by atoms with Gasteiger partial charge in [-0.1, -0.05) is 31.4 Å². The molecule has 1 amide bonds. The van der Waals surface area contributed by atoms with Crippen LogP contribution in [0.2, 0.25) is 0 Å². The van der Waals surface area contributed by atoms with Crippen molar-refractivity contribution in [2.45, 2.75) is 45.1 Å². The molecule has 0 bridgehead atoms. The highest BCUT2D eigenvalue weighted by Gasteiger charge is 2.25. The first-order chi connectivity index (χ1) is 11.1. The van der Waals surface area contributed by atoms with Crippen LogP contribution in [0.25, 0.3) is 0 Å². The summed E-state index contributed by atoms with van der Waals surface area (Å²) in [6.45, 7) is 1.87. The summed E-state index contributed by atoms with van der Waals surface area (Å²) >= 11 is 0. The van der Waals surface area contributed by atoms with Gasteiger partial charge in [-0.05, 0) is 31.9 Å². The second-order valence-electron chi connectivity index (χ2n) is 5.80. The van der Waals surface area contributed by atoms with Crippen molar-refractivity contribution in [2.24, 2.45) is 0 Å². The van der Waals surface area contributed by atoms with Crippen molar-refractivity contribution in [3.05, 3.63) is 29.8 Å². The van der Waals surface area contributed by atoms with Crippen LogP contribution in [-0.2, 0) is 9.53 Å². The lowest BCUT2D eigenvalue weighted by molar-refractivity contribution is -0.145. The standard InChI is InChI=1S/C18H25NO4/c1-3-22-17(20)13-23-16-12-8-7-11-15(16)18(21)19(2)14-9-5-4-6-10-14/h7-8,11-12,14H,3-6,9-10,13H2,1-2H3. The van der Waals surface area contributed by atoms with Crippen LogP contribution in [0.4, 0.5) is 0 Å². The van der Waals surface area contributed by atoms with E-state index in [-0.39, 0.29) is 18.6 Å². The average molecular weight is 319 g/mol.